The summed E-state index contributed by atoms with van der Waals surface area (Å²) in [6.07, 6.45) is -1.41. The highest BCUT2D eigenvalue weighted by Gasteiger charge is 2.40. The summed E-state index contributed by atoms with van der Waals surface area (Å²) in [4.78, 5) is 0. The van der Waals surface area contributed by atoms with E-state index in [0.29, 0.717) is 16.1 Å². The second-order valence-corrected chi connectivity index (χ2v) is 6.34. The number of benzene rings is 2. The molecule has 1 N–H and O–H groups in total. The predicted octanol–water partition coefficient (Wildman–Crippen LogP) is 4.45. The Morgan fingerprint density at radius 1 is 0.962 bits per heavy atom. The molecule has 0 aliphatic rings. The fourth-order valence-electron chi connectivity index (χ4n) is 2.88. The van der Waals surface area contributed by atoms with E-state index < -0.39 is 23.4 Å². The second kappa shape index (κ2) is 6.74. The first-order chi connectivity index (χ1) is 12.2. The summed E-state index contributed by atoms with van der Waals surface area (Å²) in [5.74, 6) is 0. The molecular formula is C18H15ClF3N3O. The van der Waals surface area contributed by atoms with Crippen molar-refractivity contribution in [1.29, 1.82) is 0 Å². The van der Waals surface area contributed by atoms with Crippen molar-refractivity contribution in [2.24, 2.45) is 0 Å². The zero-order chi connectivity index (χ0) is 18.9. The number of hydrogen-bond donors (Lipinski definition) is 1. The van der Waals surface area contributed by atoms with E-state index in [-0.39, 0.29) is 0 Å². The highest BCUT2D eigenvalue weighted by Crippen LogP contribution is 2.40. The second-order valence-electron chi connectivity index (χ2n) is 5.91. The van der Waals surface area contributed by atoms with Gasteiger partial charge in [0, 0.05) is 11.2 Å². The Hall–Kier alpha value is -2.38. The zero-order valence-corrected chi connectivity index (χ0v) is 14.4. The largest absolute Gasteiger partial charge is 0.416 e. The van der Waals surface area contributed by atoms with Crippen LogP contribution in [0.25, 0.3) is 0 Å². The molecule has 0 aliphatic heterocycles. The summed E-state index contributed by atoms with van der Waals surface area (Å²) in [6, 6.07) is 10.3. The topological polar surface area (TPSA) is 50.9 Å². The molecule has 0 bridgehead atoms. The van der Waals surface area contributed by atoms with Crippen molar-refractivity contribution in [1.82, 2.24) is 15.0 Å². The number of nitrogens with zero attached hydrogens (tertiary/aromatic N) is 3. The lowest BCUT2D eigenvalue weighted by molar-refractivity contribution is -0.137. The number of alkyl halides is 3. The highest BCUT2D eigenvalue weighted by atomic mass is 35.5. The normalized spacial score (nSPS) is 15.5. The monoisotopic (exact) mass is 381 g/mol. The molecule has 8 heteroatoms. The molecule has 26 heavy (non-hydrogen) atoms. The van der Waals surface area contributed by atoms with E-state index in [9.17, 15) is 18.3 Å². The third-order valence-electron chi connectivity index (χ3n) is 4.38. The smallest absolute Gasteiger partial charge is 0.378 e. The van der Waals surface area contributed by atoms with Crippen LogP contribution in [0.3, 0.4) is 0 Å². The van der Waals surface area contributed by atoms with E-state index >= 15 is 0 Å². The van der Waals surface area contributed by atoms with Crippen molar-refractivity contribution in [3.05, 3.63) is 82.6 Å². The van der Waals surface area contributed by atoms with Crippen LogP contribution < -0.4 is 0 Å². The highest BCUT2D eigenvalue weighted by molar-refractivity contribution is 6.30. The molecule has 3 rings (SSSR count). The molecule has 0 spiro atoms. The molecule has 1 heterocycles. The van der Waals surface area contributed by atoms with Gasteiger partial charge in [-0.15, -0.1) is 5.10 Å². The lowest BCUT2D eigenvalue weighted by Gasteiger charge is -2.35. The van der Waals surface area contributed by atoms with Crippen LogP contribution >= 0.6 is 11.6 Å². The van der Waals surface area contributed by atoms with Gasteiger partial charge in [0.05, 0.1) is 17.8 Å². The molecule has 2 unspecified atom stereocenters. The van der Waals surface area contributed by atoms with E-state index in [1.807, 2.05) is 0 Å². The maximum atomic E-state index is 12.9. The minimum Gasteiger partial charge on any atom is -0.378 e. The van der Waals surface area contributed by atoms with Crippen molar-refractivity contribution in [2.75, 3.05) is 0 Å². The first-order valence-corrected chi connectivity index (χ1v) is 8.12. The van der Waals surface area contributed by atoms with Crippen molar-refractivity contribution in [3.63, 3.8) is 0 Å². The third kappa shape index (κ3) is 3.32. The molecule has 3 aromatic rings. The van der Waals surface area contributed by atoms with E-state index in [2.05, 4.69) is 10.3 Å². The Morgan fingerprint density at radius 3 is 1.92 bits per heavy atom. The Morgan fingerprint density at radius 2 is 1.46 bits per heavy atom. The van der Waals surface area contributed by atoms with Crippen LogP contribution in [0.2, 0.25) is 5.02 Å². The maximum Gasteiger partial charge on any atom is 0.416 e. The molecule has 2 aromatic carbocycles. The summed E-state index contributed by atoms with van der Waals surface area (Å²) >= 11 is 5.92. The summed E-state index contributed by atoms with van der Waals surface area (Å²) in [6.45, 7) is 1.71. The summed E-state index contributed by atoms with van der Waals surface area (Å²) < 4.78 is 40.0. The Labute approximate surface area is 152 Å². The zero-order valence-electron chi connectivity index (χ0n) is 13.7. The van der Waals surface area contributed by atoms with Gasteiger partial charge in [0.25, 0.3) is 0 Å². The van der Waals surface area contributed by atoms with Gasteiger partial charge in [0.15, 0.2) is 0 Å². The van der Waals surface area contributed by atoms with E-state index in [1.165, 1.54) is 23.0 Å². The summed E-state index contributed by atoms with van der Waals surface area (Å²) in [5, 5.41) is 19.7. The Balaban J connectivity index is 2.13. The number of aromatic nitrogens is 3. The lowest BCUT2D eigenvalue weighted by atomic mass is 9.80. The quantitative estimate of drug-likeness (QED) is 0.726. The fraction of sp³-hybridized carbons (Fsp3) is 0.222. The van der Waals surface area contributed by atoms with Crippen LogP contribution in [0.5, 0.6) is 0 Å². The van der Waals surface area contributed by atoms with Gasteiger partial charge in [-0.2, -0.15) is 13.2 Å². The van der Waals surface area contributed by atoms with Gasteiger partial charge in [-0.1, -0.05) is 41.1 Å². The Kier molecular flexibility index (Phi) is 4.77. The lowest BCUT2D eigenvalue weighted by Crippen LogP contribution is -2.37. The van der Waals surface area contributed by atoms with Gasteiger partial charge in [-0.3, -0.25) is 0 Å². The molecule has 1 aromatic heterocycles. The van der Waals surface area contributed by atoms with Crippen molar-refractivity contribution in [2.45, 2.75) is 24.7 Å². The van der Waals surface area contributed by atoms with E-state index in [0.717, 1.165) is 12.1 Å². The Bertz CT molecular complexity index is 864. The van der Waals surface area contributed by atoms with Crippen LogP contribution in [0.15, 0.2) is 60.9 Å². The molecule has 0 saturated carbocycles. The molecule has 2 atom stereocenters. The maximum absolute atomic E-state index is 12.9. The van der Waals surface area contributed by atoms with Gasteiger partial charge >= 0.3 is 6.18 Å². The van der Waals surface area contributed by atoms with Crippen molar-refractivity contribution in [3.8, 4) is 0 Å². The third-order valence-corrected chi connectivity index (χ3v) is 4.63. The average molecular weight is 382 g/mol. The van der Waals surface area contributed by atoms with Crippen LogP contribution in [0.1, 0.15) is 29.7 Å². The SMILES string of the molecule is CC(n1ccnn1)C(O)(c1ccc(Cl)cc1)c1ccc(C(F)(F)F)cc1. The first-order valence-electron chi connectivity index (χ1n) is 7.75. The number of halogens is 4. The van der Waals surface area contributed by atoms with E-state index in [4.69, 9.17) is 11.6 Å². The number of aliphatic hydroxyl groups is 1. The summed E-state index contributed by atoms with van der Waals surface area (Å²) in [5.41, 5.74) is -1.64. The van der Waals surface area contributed by atoms with Gasteiger partial charge in [0.2, 0.25) is 0 Å². The van der Waals surface area contributed by atoms with Crippen molar-refractivity contribution < 1.29 is 18.3 Å². The van der Waals surface area contributed by atoms with Gasteiger partial charge in [-0.05, 0) is 42.3 Å². The van der Waals surface area contributed by atoms with Crippen LogP contribution in [-0.2, 0) is 11.8 Å². The molecule has 136 valence electrons. The van der Waals surface area contributed by atoms with Gasteiger partial charge < -0.3 is 5.11 Å². The average Bonchev–Trinajstić information content (AvgIpc) is 3.15. The minimum absolute atomic E-state index is 0.302. The molecule has 0 radical (unpaired) electrons. The molecule has 0 fully saturated rings. The summed E-state index contributed by atoms with van der Waals surface area (Å²) in [7, 11) is 0. The molecule has 4 nitrogen and oxygen atoms in total. The van der Waals surface area contributed by atoms with Gasteiger partial charge in [-0.25, -0.2) is 4.68 Å². The molecule has 0 aliphatic carbocycles. The predicted molar refractivity (Wildman–Crippen MR) is 90.6 cm³/mol. The molecular weight excluding hydrogens is 367 g/mol. The molecule has 0 amide bonds. The van der Waals surface area contributed by atoms with E-state index in [1.54, 1.807) is 37.4 Å². The fourth-order valence-corrected chi connectivity index (χ4v) is 3.01. The van der Waals surface area contributed by atoms with Crippen LogP contribution in [0, 0.1) is 0 Å². The standard InChI is InChI=1S/C18H15ClF3N3O/c1-12(25-11-10-23-24-25)17(26,14-6-8-16(19)9-7-14)13-2-4-15(5-3-13)18(20,21)22/h2-12,26H,1H3. The first kappa shape index (κ1) is 18.4. The number of rotatable bonds is 4. The minimum atomic E-state index is -4.45. The number of hydrogen-bond acceptors (Lipinski definition) is 3. The molecule has 0 saturated heterocycles. The van der Waals surface area contributed by atoms with Crippen LogP contribution in [0.4, 0.5) is 13.2 Å². The van der Waals surface area contributed by atoms with Crippen molar-refractivity contribution >= 4 is 11.6 Å². The van der Waals surface area contributed by atoms with Crippen LogP contribution in [-0.4, -0.2) is 20.1 Å². The van der Waals surface area contributed by atoms with Gasteiger partial charge in [0.1, 0.15) is 5.60 Å².